The Bertz CT molecular complexity index is 389. The fourth-order valence-electron chi connectivity index (χ4n) is 2.67. The first-order valence-corrected chi connectivity index (χ1v) is 7.23. The van der Waals surface area contributed by atoms with Crippen LogP contribution in [0.1, 0.15) is 51.3 Å². The van der Waals surface area contributed by atoms with E-state index in [0.717, 1.165) is 12.2 Å². The topological polar surface area (TPSA) is 54.3 Å². The smallest absolute Gasteiger partial charge is 0.234 e. The quantitative estimate of drug-likeness (QED) is 0.859. The maximum atomic E-state index is 11.9. The highest BCUT2D eigenvalue weighted by Crippen LogP contribution is 2.23. The van der Waals surface area contributed by atoms with Gasteiger partial charge < -0.3 is 9.73 Å². The largest absolute Gasteiger partial charge is 0.468 e. The summed E-state index contributed by atoms with van der Waals surface area (Å²) in [4.78, 5) is 11.9. The number of furan rings is 1. The van der Waals surface area contributed by atoms with Gasteiger partial charge >= 0.3 is 0 Å². The average Bonchev–Trinajstić information content (AvgIpc) is 2.93. The average molecular weight is 264 g/mol. The second-order valence-corrected chi connectivity index (χ2v) is 5.55. The molecule has 2 rings (SSSR count). The Balaban J connectivity index is 1.72. The molecule has 106 valence electrons. The molecule has 1 aliphatic rings. The van der Waals surface area contributed by atoms with Crippen molar-refractivity contribution < 1.29 is 9.21 Å². The van der Waals surface area contributed by atoms with E-state index in [4.69, 9.17) is 4.42 Å². The summed E-state index contributed by atoms with van der Waals surface area (Å²) in [6, 6.07) is 4.18. The molecule has 1 fully saturated rings. The van der Waals surface area contributed by atoms with Crippen LogP contribution in [-0.2, 0) is 4.79 Å². The third kappa shape index (κ3) is 4.10. The van der Waals surface area contributed by atoms with E-state index in [2.05, 4.69) is 17.6 Å². The normalized spacial score (nSPS) is 24.9. The van der Waals surface area contributed by atoms with Crippen molar-refractivity contribution in [2.24, 2.45) is 5.92 Å². The van der Waals surface area contributed by atoms with Crippen LogP contribution in [0.3, 0.4) is 0 Å². The Hall–Kier alpha value is -1.29. The number of rotatable bonds is 5. The van der Waals surface area contributed by atoms with Gasteiger partial charge in [-0.25, -0.2) is 0 Å². The minimum atomic E-state index is 0.0597. The minimum Gasteiger partial charge on any atom is -0.468 e. The van der Waals surface area contributed by atoms with Crippen LogP contribution in [-0.4, -0.2) is 18.5 Å². The van der Waals surface area contributed by atoms with Crippen molar-refractivity contribution in [2.45, 2.75) is 51.6 Å². The van der Waals surface area contributed by atoms with Gasteiger partial charge in [-0.05, 0) is 37.8 Å². The van der Waals surface area contributed by atoms with Crippen molar-refractivity contribution in [3.8, 4) is 0 Å². The molecule has 0 spiro atoms. The van der Waals surface area contributed by atoms with Gasteiger partial charge in [-0.1, -0.05) is 19.8 Å². The summed E-state index contributed by atoms with van der Waals surface area (Å²) in [6.45, 7) is 4.56. The molecule has 0 bridgehead atoms. The Morgan fingerprint density at radius 2 is 2.26 bits per heavy atom. The van der Waals surface area contributed by atoms with Crippen LogP contribution in [0, 0.1) is 5.92 Å². The van der Waals surface area contributed by atoms with Crippen LogP contribution in [0.5, 0.6) is 0 Å². The van der Waals surface area contributed by atoms with Gasteiger partial charge in [0, 0.05) is 6.04 Å². The molecule has 1 saturated carbocycles. The molecule has 1 heterocycles. The molecule has 2 N–H and O–H groups in total. The van der Waals surface area contributed by atoms with Crippen LogP contribution >= 0.6 is 0 Å². The number of hydrogen-bond donors (Lipinski definition) is 2. The predicted octanol–water partition coefficient (Wildman–Crippen LogP) is 2.63. The molecule has 1 aromatic rings. The second kappa shape index (κ2) is 6.75. The molecule has 1 aromatic heterocycles. The molecule has 1 aliphatic carbocycles. The van der Waals surface area contributed by atoms with Crippen LogP contribution in [0.4, 0.5) is 0 Å². The second-order valence-electron chi connectivity index (χ2n) is 5.55. The van der Waals surface area contributed by atoms with Crippen LogP contribution in [0.25, 0.3) is 0 Å². The van der Waals surface area contributed by atoms with Crippen molar-refractivity contribution in [3.05, 3.63) is 24.2 Å². The molecule has 0 unspecified atom stereocenters. The fourth-order valence-corrected chi connectivity index (χ4v) is 2.67. The van der Waals surface area contributed by atoms with E-state index in [9.17, 15) is 4.79 Å². The Kier molecular flexibility index (Phi) is 5.02. The molecular weight excluding hydrogens is 240 g/mol. The van der Waals surface area contributed by atoms with Crippen molar-refractivity contribution >= 4 is 5.91 Å². The number of amides is 1. The van der Waals surface area contributed by atoms with Gasteiger partial charge in [0.2, 0.25) is 5.91 Å². The van der Waals surface area contributed by atoms with E-state index in [1.807, 2.05) is 19.1 Å². The van der Waals surface area contributed by atoms with Crippen molar-refractivity contribution in [1.29, 1.82) is 0 Å². The van der Waals surface area contributed by atoms with Crippen LogP contribution in [0.2, 0.25) is 0 Å². The van der Waals surface area contributed by atoms with Gasteiger partial charge in [-0.3, -0.25) is 10.1 Å². The van der Waals surface area contributed by atoms with Gasteiger partial charge in [0.05, 0.1) is 18.8 Å². The van der Waals surface area contributed by atoms with E-state index in [-0.39, 0.29) is 11.9 Å². The van der Waals surface area contributed by atoms with Crippen molar-refractivity contribution in [2.75, 3.05) is 6.54 Å². The van der Waals surface area contributed by atoms with E-state index in [1.54, 1.807) is 6.26 Å². The number of carbonyl (C=O) groups excluding carboxylic acids is 1. The maximum Gasteiger partial charge on any atom is 0.234 e. The Morgan fingerprint density at radius 3 is 2.95 bits per heavy atom. The first kappa shape index (κ1) is 14.1. The Labute approximate surface area is 114 Å². The zero-order valence-corrected chi connectivity index (χ0v) is 11.8. The molecule has 0 aliphatic heterocycles. The highest BCUT2D eigenvalue weighted by atomic mass is 16.3. The summed E-state index contributed by atoms with van der Waals surface area (Å²) in [5.41, 5.74) is 0. The van der Waals surface area contributed by atoms with Crippen molar-refractivity contribution in [3.63, 3.8) is 0 Å². The lowest BCUT2D eigenvalue weighted by Gasteiger charge is -2.29. The standard InChI is InChI=1S/C15H24N2O2/c1-11-6-3-4-7-13(11)17-15(18)10-16-12(2)14-8-5-9-19-14/h5,8-9,11-13,16H,3-4,6-7,10H2,1-2H3,(H,17,18)/t11-,12-,13-/m0/s1. The maximum absolute atomic E-state index is 11.9. The minimum absolute atomic E-state index is 0.0597. The molecule has 4 nitrogen and oxygen atoms in total. The van der Waals surface area contributed by atoms with E-state index < -0.39 is 0 Å². The lowest BCUT2D eigenvalue weighted by molar-refractivity contribution is -0.121. The number of nitrogens with one attached hydrogen (secondary N) is 2. The molecule has 0 saturated heterocycles. The summed E-state index contributed by atoms with van der Waals surface area (Å²) in [6.07, 6.45) is 6.51. The van der Waals surface area contributed by atoms with Gasteiger partial charge in [0.25, 0.3) is 0 Å². The summed E-state index contributed by atoms with van der Waals surface area (Å²) >= 11 is 0. The summed E-state index contributed by atoms with van der Waals surface area (Å²) in [5, 5.41) is 6.32. The van der Waals surface area contributed by atoms with Gasteiger partial charge in [-0.15, -0.1) is 0 Å². The molecule has 0 aromatic carbocycles. The first-order chi connectivity index (χ1) is 9.16. The van der Waals surface area contributed by atoms with E-state index in [1.165, 1.54) is 19.3 Å². The first-order valence-electron chi connectivity index (χ1n) is 7.23. The zero-order chi connectivity index (χ0) is 13.7. The highest BCUT2D eigenvalue weighted by molar-refractivity contribution is 5.78. The molecule has 3 atom stereocenters. The molecule has 1 amide bonds. The third-order valence-corrected chi connectivity index (χ3v) is 4.00. The van der Waals surface area contributed by atoms with Crippen molar-refractivity contribution in [1.82, 2.24) is 10.6 Å². The number of hydrogen-bond acceptors (Lipinski definition) is 3. The highest BCUT2D eigenvalue weighted by Gasteiger charge is 2.22. The fraction of sp³-hybridized carbons (Fsp3) is 0.667. The summed E-state index contributed by atoms with van der Waals surface area (Å²) in [7, 11) is 0. The van der Waals surface area contributed by atoms with Gasteiger partial charge in [0.1, 0.15) is 5.76 Å². The zero-order valence-electron chi connectivity index (χ0n) is 11.8. The summed E-state index contributed by atoms with van der Waals surface area (Å²) < 4.78 is 5.30. The summed E-state index contributed by atoms with van der Waals surface area (Å²) in [5.74, 6) is 1.54. The molecular formula is C15H24N2O2. The lowest BCUT2D eigenvalue weighted by Crippen LogP contribution is -2.45. The Morgan fingerprint density at radius 1 is 1.47 bits per heavy atom. The molecule has 0 radical (unpaired) electrons. The molecule has 4 heteroatoms. The lowest BCUT2D eigenvalue weighted by atomic mass is 9.86. The third-order valence-electron chi connectivity index (χ3n) is 4.00. The monoisotopic (exact) mass is 264 g/mol. The van der Waals surface area contributed by atoms with Crippen LogP contribution in [0.15, 0.2) is 22.8 Å². The molecule has 19 heavy (non-hydrogen) atoms. The van der Waals surface area contributed by atoms with Crippen LogP contribution < -0.4 is 10.6 Å². The van der Waals surface area contributed by atoms with Gasteiger partial charge in [0.15, 0.2) is 0 Å². The number of carbonyl (C=O) groups is 1. The van der Waals surface area contributed by atoms with E-state index >= 15 is 0 Å². The van der Waals surface area contributed by atoms with Gasteiger partial charge in [-0.2, -0.15) is 0 Å². The predicted molar refractivity (Wildman–Crippen MR) is 74.7 cm³/mol. The SMILES string of the molecule is C[C@H](NCC(=O)N[C@H]1CCCC[C@@H]1C)c1ccco1. The van der Waals surface area contributed by atoms with E-state index in [0.29, 0.717) is 18.5 Å².